The molecule has 0 atom stereocenters. The van der Waals surface area contributed by atoms with Crippen molar-refractivity contribution in [2.75, 3.05) is 36.9 Å². The highest BCUT2D eigenvalue weighted by atomic mass is 16.3. The first kappa shape index (κ1) is 12.8. The largest absolute Gasteiger partial charge is 0.399 e. The first-order valence-electron chi connectivity index (χ1n) is 5.60. The van der Waals surface area contributed by atoms with Gasteiger partial charge in [0.05, 0.1) is 0 Å². The van der Waals surface area contributed by atoms with Crippen molar-refractivity contribution in [2.45, 2.75) is 12.8 Å². The van der Waals surface area contributed by atoms with E-state index in [1.165, 1.54) is 0 Å². The lowest BCUT2D eigenvalue weighted by molar-refractivity contribution is 0.282. The number of aliphatic hydroxyl groups is 2. The Labute approximate surface area is 96.3 Å². The Morgan fingerprint density at radius 2 is 1.44 bits per heavy atom. The van der Waals surface area contributed by atoms with E-state index in [1.807, 2.05) is 24.3 Å². The van der Waals surface area contributed by atoms with Crippen molar-refractivity contribution < 1.29 is 10.2 Å². The highest BCUT2D eigenvalue weighted by Gasteiger charge is 2.05. The van der Waals surface area contributed by atoms with Crippen molar-refractivity contribution in [1.29, 1.82) is 0 Å². The van der Waals surface area contributed by atoms with E-state index in [-0.39, 0.29) is 13.2 Å². The fraction of sp³-hybridized carbons (Fsp3) is 0.500. The van der Waals surface area contributed by atoms with Crippen LogP contribution in [0.5, 0.6) is 0 Å². The van der Waals surface area contributed by atoms with Gasteiger partial charge in [-0.05, 0) is 37.1 Å². The SMILES string of the molecule is Nc1ccc(N(CCCO)CCCO)cc1. The Kier molecular flexibility index (Phi) is 5.67. The Morgan fingerprint density at radius 1 is 0.938 bits per heavy atom. The number of hydrogen-bond donors (Lipinski definition) is 3. The maximum Gasteiger partial charge on any atom is 0.0447 e. The highest BCUT2D eigenvalue weighted by molar-refractivity contribution is 5.53. The van der Waals surface area contributed by atoms with E-state index in [1.54, 1.807) is 0 Å². The van der Waals surface area contributed by atoms with Crippen LogP contribution in [0.3, 0.4) is 0 Å². The third-order valence-electron chi connectivity index (χ3n) is 2.43. The molecular weight excluding hydrogens is 204 g/mol. The maximum atomic E-state index is 8.84. The lowest BCUT2D eigenvalue weighted by Gasteiger charge is -2.24. The number of nitrogens with two attached hydrogens (primary N) is 1. The lowest BCUT2D eigenvalue weighted by Crippen LogP contribution is -2.26. The number of hydrogen-bond acceptors (Lipinski definition) is 4. The van der Waals surface area contributed by atoms with Crippen LogP contribution in [-0.2, 0) is 0 Å². The molecule has 0 fully saturated rings. The first-order valence-corrected chi connectivity index (χ1v) is 5.60. The average molecular weight is 224 g/mol. The van der Waals surface area contributed by atoms with Gasteiger partial charge in [0, 0.05) is 37.7 Å². The van der Waals surface area contributed by atoms with Crippen molar-refractivity contribution >= 4 is 11.4 Å². The van der Waals surface area contributed by atoms with Gasteiger partial charge in [-0.1, -0.05) is 0 Å². The fourth-order valence-corrected chi connectivity index (χ4v) is 1.58. The van der Waals surface area contributed by atoms with E-state index >= 15 is 0 Å². The minimum absolute atomic E-state index is 0.185. The molecule has 0 saturated heterocycles. The van der Waals surface area contributed by atoms with Crippen LogP contribution in [0.2, 0.25) is 0 Å². The number of aliphatic hydroxyl groups excluding tert-OH is 2. The van der Waals surface area contributed by atoms with Gasteiger partial charge in [0.25, 0.3) is 0 Å². The molecule has 4 N–H and O–H groups in total. The van der Waals surface area contributed by atoms with E-state index in [2.05, 4.69) is 4.90 Å². The van der Waals surface area contributed by atoms with Gasteiger partial charge in [0.1, 0.15) is 0 Å². The molecule has 16 heavy (non-hydrogen) atoms. The molecule has 0 aliphatic heterocycles. The van der Waals surface area contributed by atoms with Crippen LogP contribution in [0.25, 0.3) is 0 Å². The zero-order chi connectivity index (χ0) is 11.8. The highest BCUT2D eigenvalue weighted by Crippen LogP contribution is 2.16. The Morgan fingerprint density at radius 3 is 1.88 bits per heavy atom. The van der Waals surface area contributed by atoms with Crippen LogP contribution in [0.15, 0.2) is 24.3 Å². The van der Waals surface area contributed by atoms with Gasteiger partial charge in [-0.2, -0.15) is 0 Å². The molecule has 0 unspecified atom stereocenters. The summed E-state index contributed by atoms with van der Waals surface area (Å²) in [6, 6.07) is 7.65. The van der Waals surface area contributed by atoms with Crippen LogP contribution in [0.1, 0.15) is 12.8 Å². The summed E-state index contributed by atoms with van der Waals surface area (Å²) in [5.74, 6) is 0. The topological polar surface area (TPSA) is 69.7 Å². The van der Waals surface area contributed by atoms with Crippen LogP contribution < -0.4 is 10.6 Å². The number of anilines is 2. The third kappa shape index (κ3) is 4.08. The first-order chi connectivity index (χ1) is 7.77. The van der Waals surface area contributed by atoms with Gasteiger partial charge in [-0.25, -0.2) is 0 Å². The molecule has 0 heterocycles. The Bertz CT molecular complexity index is 280. The summed E-state index contributed by atoms with van der Waals surface area (Å²) in [5.41, 5.74) is 7.45. The van der Waals surface area contributed by atoms with Crippen molar-refractivity contribution in [3.8, 4) is 0 Å². The molecule has 4 heteroatoms. The molecule has 0 amide bonds. The summed E-state index contributed by atoms with van der Waals surface area (Å²) in [7, 11) is 0. The van der Waals surface area contributed by atoms with Gasteiger partial charge in [-0.3, -0.25) is 0 Å². The molecule has 0 spiro atoms. The monoisotopic (exact) mass is 224 g/mol. The van der Waals surface area contributed by atoms with E-state index in [0.717, 1.165) is 37.3 Å². The van der Waals surface area contributed by atoms with Crippen LogP contribution in [-0.4, -0.2) is 36.5 Å². The minimum atomic E-state index is 0.185. The molecular formula is C12H20N2O2. The van der Waals surface area contributed by atoms with Crippen LogP contribution >= 0.6 is 0 Å². The van der Waals surface area contributed by atoms with Gasteiger partial charge >= 0.3 is 0 Å². The Hall–Kier alpha value is -1.26. The summed E-state index contributed by atoms with van der Waals surface area (Å²) < 4.78 is 0. The molecule has 0 aliphatic carbocycles. The summed E-state index contributed by atoms with van der Waals surface area (Å²) in [4.78, 5) is 2.14. The normalized spacial score (nSPS) is 10.4. The van der Waals surface area contributed by atoms with E-state index in [0.29, 0.717) is 0 Å². The Balaban J connectivity index is 2.62. The zero-order valence-corrected chi connectivity index (χ0v) is 9.47. The zero-order valence-electron chi connectivity index (χ0n) is 9.47. The van der Waals surface area contributed by atoms with Gasteiger partial charge in [0.2, 0.25) is 0 Å². The molecule has 90 valence electrons. The van der Waals surface area contributed by atoms with Gasteiger partial charge < -0.3 is 20.8 Å². The summed E-state index contributed by atoms with van der Waals surface area (Å²) in [6.45, 7) is 1.95. The molecule has 1 rings (SSSR count). The summed E-state index contributed by atoms with van der Waals surface area (Å²) in [6.07, 6.45) is 1.46. The number of nitrogens with zero attached hydrogens (tertiary/aromatic N) is 1. The lowest BCUT2D eigenvalue weighted by atomic mass is 10.2. The molecule has 0 saturated carbocycles. The van der Waals surface area contributed by atoms with Crippen molar-refractivity contribution in [3.63, 3.8) is 0 Å². The van der Waals surface area contributed by atoms with E-state index < -0.39 is 0 Å². The average Bonchev–Trinajstić information content (AvgIpc) is 2.31. The van der Waals surface area contributed by atoms with Crippen LogP contribution in [0.4, 0.5) is 11.4 Å². The second-order valence-corrected chi connectivity index (χ2v) is 3.73. The quantitative estimate of drug-likeness (QED) is 0.600. The molecule has 0 aliphatic rings. The number of nitrogen functional groups attached to an aromatic ring is 1. The van der Waals surface area contributed by atoms with Crippen LogP contribution in [0, 0.1) is 0 Å². The molecule has 4 nitrogen and oxygen atoms in total. The van der Waals surface area contributed by atoms with Crippen molar-refractivity contribution in [3.05, 3.63) is 24.3 Å². The second kappa shape index (κ2) is 7.09. The van der Waals surface area contributed by atoms with Crippen molar-refractivity contribution in [1.82, 2.24) is 0 Å². The molecule has 1 aromatic rings. The predicted octanol–water partition coefficient (Wildman–Crippen LogP) is 0.840. The minimum Gasteiger partial charge on any atom is -0.399 e. The third-order valence-corrected chi connectivity index (χ3v) is 2.43. The van der Waals surface area contributed by atoms with Crippen molar-refractivity contribution in [2.24, 2.45) is 0 Å². The molecule has 1 aromatic carbocycles. The fourth-order valence-electron chi connectivity index (χ4n) is 1.58. The van der Waals surface area contributed by atoms with E-state index in [4.69, 9.17) is 15.9 Å². The molecule has 0 bridgehead atoms. The van der Waals surface area contributed by atoms with Gasteiger partial charge in [-0.15, -0.1) is 0 Å². The standard InChI is InChI=1S/C12H20N2O2/c13-11-3-5-12(6-4-11)14(7-1-9-15)8-2-10-16/h3-6,15-16H,1-2,7-10,13H2. The number of benzene rings is 1. The second-order valence-electron chi connectivity index (χ2n) is 3.73. The smallest absolute Gasteiger partial charge is 0.0447 e. The molecule has 0 aromatic heterocycles. The summed E-state index contributed by atoms with van der Waals surface area (Å²) in [5, 5.41) is 17.7. The van der Waals surface area contributed by atoms with E-state index in [9.17, 15) is 0 Å². The maximum absolute atomic E-state index is 8.84. The number of rotatable bonds is 7. The summed E-state index contributed by atoms with van der Waals surface area (Å²) >= 11 is 0. The van der Waals surface area contributed by atoms with Gasteiger partial charge in [0.15, 0.2) is 0 Å². The predicted molar refractivity (Wildman–Crippen MR) is 66.5 cm³/mol. The molecule has 0 radical (unpaired) electrons.